The molecule has 82 valence electrons. The quantitative estimate of drug-likeness (QED) is 0.836. The highest BCUT2D eigenvalue weighted by Gasteiger charge is 2.26. The summed E-state index contributed by atoms with van der Waals surface area (Å²) in [5.41, 5.74) is 6.98. The number of nitrogens with two attached hydrogens (primary N) is 1. The minimum absolute atomic E-state index is 0.260. The molecule has 2 unspecified atom stereocenters. The van der Waals surface area contributed by atoms with Gasteiger partial charge in [0.15, 0.2) is 0 Å². The number of anilines is 1. The number of pyridine rings is 1. The smallest absolute Gasteiger partial charge is 0.0822 e. The molecule has 1 aliphatic heterocycles. The van der Waals surface area contributed by atoms with Crippen LogP contribution >= 0.6 is 11.6 Å². The third kappa shape index (κ3) is 2.24. The van der Waals surface area contributed by atoms with Crippen molar-refractivity contribution in [3.8, 4) is 0 Å². The first-order valence-electron chi connectivity index (χ1n) is 5.28. The van der Waals surface area contributed by atoms with E-state index in [0.29, 0.717) is 5.92 Å². The van der Waals surface area contributed by atoms with Gasteiger partial charge in [0.2, 0.25) is 0 Å². The van der Waals surface area contributed by atoms with Gasteiger partial charge in [-0.05, 0) is 25.3 Å². The molecule has 0 aromatic carbocycles. The summed E-state index contributed by atoms with van der Waals surface area (Å²) in [7, 11) is 0. The van der Waals surface area contributed by atoms with Crippen LogP contribution in [0.4, 0.5) is 5.69 Å². The molecular formula is C11H16ClN3. The van der Waals surface area contributed by atoms with Crippen LogP contribution in [0.3, 0.4) is 0 Å². The van der Waals surface area contributed by atoms with E-state index in [1.807, 2.05) is 6.07 Å². The summed E-state index contributed by atoms with van der Waals surface area (Å²) in [5, 5.41) is 0.725. The molecule has 1 saturated heterocycles. The Balaban J connectivity index is 2.11. The first kappa shape index (κ1) is 10.7. The monoisotopic (exact) mass is 225 g/mol. The summed E-state index contributed by atoms with van der Waals surface area (Å²) in [6.45, 7) is 4.11. The Kier molecular flexibility index (Phi) is 3.12. The maximum atomic E-state index is 6.10. The van der Waals surface area contributed by atoms with Gasteiger partial charge in [0.25, 0.3) is 0 Å². The van der Waals surface area contributed by atoms with Gasteiger partial charge in [0.05, 0.1) is 10.7 Å². The van der Waals surface area contributed by atoms with Crippen LogP contribution < -0.4 is 10.6 Å². The molecule has 0 saturated carbocycles. The molecule has 4 heteroatoms. The molecule has 1 aromatic heterocycles. The van der Waals surface area contributed by atoms with Gasteiger partial charge in [-0.1, -0.05) is 11.6 Å². The first-order valence-corrected chi connectivity index (χ1v) is 5.66. The fraction of sp³-hybridized carbons (Fsp3) is 0.545. The van der Waals surface area contributed by atoms with E-state index in [1.165, 1.54) is 0 Å². The van der Waals surface area contributed by atoms with Crippen LogP contribution in [0.2, 0.25) is 5.02 Å². The molecule has 15 heavy (non-hydrogen) atoms. The lowest BCUT2D eigenvalue weighted by molar-refractivity contribution is 0.488. The molecular weight excluding hydrogens is 210 g/mol. The number of nitrogens with zero attached hydrogens (tertiary/aromatic N) is 2. The van der Waals surface area contributed by atoms with E-state index in [-0.39, 0.29) is 6.04 Å². The summed E-state index contributed by atoms with van der Waals surface area (Å²) < 4.78 is 0. The van der Waals surface area contributed by atoms with Crippen LogP contribution in [0.5, 0.6) is 0 Å². The van der Waals surface area contributed by atoms with Crippen molar-refractivity contribution in [1.29, 1.82) is 0 Å². The van der Waals surface area contributed by atoms with Crippen LogP contribution in [0.15, 0.2) is 18.5 Å². The zero-order valence-electron chi connectivity index (χ0n) is 8.86. The van der Waals surface area contributed by atoms with Gasteiger partial charge >= 0.3 is 0 Å². The van der Waals surface area contributed by atoms with Crippen molar-refractivity contribution < 1.29 is 0 Å². The summed E-state index contributed by atoms with van der Waals surface area (Å²) in [5.74, 6) is 0.578. The number of hydrogen-bond acceptors (Lipinski definition) is 3. The lowest BCUT2D eigenvalue weighted by Gasteiger charge is -2.20. The van der Waals surface area contributed by atoms with Crippen molar-refractivity contribution in [1.82, 2.24) is 4.98 Å². The van der Waals surface area contributed by atoms with Gasteiger partial charge in [-0.2, -0.15) is 0 Å². The second-order valence-electron chi connectivity index (χ2n) is 4.18. The van der Waals surface area contributed by atoms with Crippen molar-refractivity contribution in [3.05, 3.63) is 23.5 Å². The molecule has 3 nitrogen and oxygen atoms in total. The van der Waals surface area contributed by atoms with E-state index >= 15 is 0 Å². The Morgan fingerprint density at radius 3 is 3.07 bits per heavy atom. The fourth-order valence-electron chi connectivity index (χ4n) is 2.06. The van der Waals surface area contributed by atoms with E-state index in [4.69, 9.17) is 17.3 Å². The highest BCUT2D eigenvalue weighted by atomic mass is 35.5. The first-order chi connectivity index (χ1) is 7.18. The Morgan fingerprint density at radius 2 is 2.47 bits per heavy atom. The molecule has 1 fully saturated rings. The second-order valence-corrected chi connectivity index (χ2v) is 4.59. The van der Waals surface area contributed by atoms with Crippen molar-refractivity contribution in [2.45, 2.75) is 19.4 Å². The van der Waals surface area contributed by atoms with Gasteiger partial charge in [-0.3, -0.25) is 4.98 Å². The average molecular weight is 226 g/mol. The SMILES string of the molecule is CC(N)C1CCN(c2ccncc2Cl)C1. The predicted molar refractivity (Wildman–Crippen MR) is 63.2 cm³/mol. The lowest BCUT2D eigenvalue weighted by atomic mass is 10.0. The normalized spacial score (nSPS) is 23.1. The van der Waals surface area contributed by atoms with Crippen LogP contribution in [-0.4, -0.2) is 24.1 Å². The maximum Gasteiger partial charge on any atom is 0.0822 e. The van der Waals surface area contributed by atoms with Crippen molar-refractivity contribution in [2.24, 2.45) is 11.7 Å². The molecule has 0 radical (unpaired) electrons. The van der Waals surface area contributed by atoms with Crippen LogP contribution in [0.25, 0.3) is 0 Å². The van der Waals surface area contributed by atoms with Crippen molar-refractivity contribution in [2.75, 3.05) is 18.0 Å². The molecule has 0 spiro atoms. The molecule has 2 rings (SSSR count). The van der Waals surface area contributed by atoms with Gasteiger partial charge in [0, 0.05) is 31.5 Å². The summed E-state index contributed by atoms with van der Waals surface area (Å²) >= 11 is 6.10. The molecule has 1 aliphatic rings. The van der Waals surface area contributed by atoms with Gasteiger partial charge in [0.1, 0.15) is 0 Å². The van der Waals surface area contributed by atoms with Crippen LogP contribution in [-0.2, 0) is 0 Å². The van der Waals surface area contributed by atoms with Crippen LogP contribution in [0, 0.1) is 5.92 Å². The second kappa shape index (κ2) is 4.37. The molecule has 1 aromatic rings. The topological polar surface area (TPSA) is 42.1 Å². The Bertz CT molecular complexity index is 340. The summed E-state index contributed by atoms with van der Waals surface area (Å²) in [6, 6.07) is 2.22. The lowest BCUT2D eigenvalue weighted by Crippen LogP contribution is -2.29. The summed E-state index contributed by atoms with van der Waals surface area (Å²) in [4.78, 5) is 6.28. The van der Waals surface area contributed by atoms with Crippen LogP contribution in [0.1, 0.15) is 13.3 Å². The van der Waals surface area contributed by atoms with Gasteiger partial charge in [-0.25, -0.2) is 0 Å². The highest BCUT2D eigenvalue weighted by Crippen LogP contribution is 2.30. The van der Waals surface area contributed by atoms with Crippen molar-refractivity contribution >= 4 is 17.3 Å². The van der Waals surface area contributed by atoms with E-state index < -0.39 is 0 Å². The number of aromatic nitrogens is 1. The standard InChI is InChI=1S/C11H16ClN3/c1-8(13)9-3-5-15(7-9)11-2-4-14-6-10(11)12/h2,4,6,8-9H,3,5,7,13H2,1H3. The van der Waals surface area contributed by atoms with Crippen molar-refractivity contribution in [3.63, 3.8) is 0 Å². The third-order valence-corrected chi connectivity index (χ3v) is 3.35. The minimum Gasteiger partial charge on any atom is -0.370 e. The van der Waals surface area contributed by atoms with Gasteiger partial charge < -0.3 is 10.6 Å². The zero-order chi connectivity index (χ0) is 10.8. The largest absolute Gasteiger partial charge is 0.370 e. The minimum atomic E-state index is 0.260. The molecule has 2 heterocycles. The Labute approximate surface area is 95.2 Å². The van der Waals surface area contributed by atoms with E-state index in [1.54, 1.807) is 12.4 Å². The molecule has 0 aliphatic carbocycles. The fourth-order valence-corrected chi connectivity index (χ4v) is 2.30. The molecule has 0 amide bonds. The maximum absolute atomic E-state index is 6.10. The number of halogens is 1. The summed E-state index contributed by atoms with van der Waals surface area (Å²) in [6.07, 6.45) is 4.62. The van der Waals surface area contributed by atoms with E-state index in [9.17, 15) is 0 Å². The zero-order valence-corrected chi connectivity index (χ0v) is 9.61. The molecule has 2 N–H and O–H groups in total. The third-order valence-electron chi connectivity index (χ3n) is 3.06. The average Bonchev–Trinajstić information content (AvgIpc) is 2.67. The molecule has 2 atom stereocenters. The molecule has 0 bridgehead atoms. The Morgan fingerprint density at radius 1 is 1.67 bits per heavy atom. The van der Waals surface area contributed by atoms with Gasteiger partial charge in [-0.15, -0.1) is 0 Å². The van der Waals surface area contributed by atoms with E-state index in [2.05, 4.69) is 16.8 Å². The number of rotatable bonds is 2. The highest BCUT2D eigenvalue weighted by molar-refractivity contribution is 6.33. The Hall–Kier alpha value is -0.800. The van der Waals surface area contributed by atoms with E-state index in [0.717, 1.165) is 30.2 Å². The predicted octanol–water partition coefficient (Wildman–Crippen LogP) is 1.91. The number of hydrogen-bond donors (Lipinski definition) is 1.